The number of hydrogen-bond acceptors (Lipinski definition) is 5. The van der Waals surface area contributed by atoms with Crippen LogP contribution in [0.4, 0.5) is 10.1 Å². The van der Waals surface area contributed by atoms with Gasteiger partial charge in [0.1, 0.15) is 12.4 Å². The van der Waals surface area contributed by atoms with Crippen molar-refractivity contribution in [3.63, 3.8) is 0 Å². The normalized spacial score (nSPS) is 15.4. The van der Waals surface area contributed by atoms with Gasteiger partial charge in [-0.3, -0.25) is 9.59 Å². The fraction of sp³-hybridized carbons (Fsp3) is 0.250. The quantitative estimate of drug-likeness (QED) is 0.372. The molecule has 0 aromatic heterocycles. The maximum absolute atomic E-state index is 13.1. The van der Waals surface area contributed by atoms with Crippen molar-refractivity contribution < 1.29 is 23.5 Å². The Morgan fingerprint density at radius 1 is 1.08 bits per heavy atom. The molecule has 2 amide bonds. The molecule has 7 nitrogen and oxygen atoms in total. The van der Waals surface area contributed by atoms with E-state index in [-0.39, 0.29) is 30.7 Å². The molecule has 36 heavy (non-hydrogen) atoms. The molecule has 3 aromatic rings. The maximum Gasteiger partial charge on any atom is 0.245 e. The van der Waals surface area contributed by atoms with Crippen LogP contribution in [-0.4, -0.2) is 31.7 Å². The molecule has 0 bridgehead atoms. The molecule has 1 aliphatic heterocycles. The molecule has 0 saturated carbocycles. The summed E-state index contributed by atoms with van der Waals surface area (Å²) in [6.07, 6.45) is 1.64. The highest BCUT2D eigenvalue weighted by Gasteiger charge is 2.35. The standard InChI is InChI=1S/C28H28FN3O4/c1-18-4-10-24(12-19(18)2)32-16-22(14-27(32)33)28(34)31-30-15-21-7-11-25(26(13-21)35-3)36-17-20-5-8-23(29)9-6-20/h4-13,15,22H,14,16-17H2,1-3H3,(H,31,34)/b30-15-/t22-/m0/s1. The summed E-state index contributed by atoms with van der Waals surface area (Å²) in [7, 11) is 1.53. The topological polar surface area (TPSA) is 80.2 Å². The van der Waals surface area contributed by atoms with Crippen molar-refractivity contribution in [3.05, 3.63) is 88.7 Å². The second kappa shape index (κ2) is 11.0. The van der Waals surface area contributed by atoms with E-state index in [0.717, 1.165) is 22.4 Å². The summed E-state index contributed by atoms with van der Waals surface area (Å²) in [5.41, 5.74) is 7.11. The fourth-order valence-corrected chi connectivity index (χ4v) is 3.91. The molecule has 1 aliphatic rings. The zero-order valence-corrected chi connectivity index (χ0v) is 20.5. The minimum atomic E-state index is -0.479. The van der Waals surface area contributed by atoms with Crippen LogP contribution in [0.1, 0.15) is 28.7 Å². The molecule has 1 fully saturated rings. The molecule has 0 aliphatic carbocycles. The van der Waals surface area contributed by atoms with E-state index in [2.05, 4.69) is 10.5 Å². The van der Waals surface area contributed by atoms with Crippen molar-refractivity contribution in [2.45, 2.75) is 26.9 Å². The number of anilines is 1. The minimum absolute atomic E-state index is 0.0802. The molecule has 1 N–H and O–H groups in total. The first kappa shape index (κ1) is 24.9. The van der Waals surface area contributed by atoms with Crippen molar-refractivity contribution in [2.24, 2.45) is 11.0 Å². The SMILES string of the molecule is COc1cc(/C=N\NC(=O)[C@H]2CC(=O)N(c3ccc(C)c(C)c3)C2)ccc1OCc1ccc(F)cc1. The molecule has 1 heterocycles. The van der Waals surface area contributed by atoms with Gasteiger partial charge in [0.25, 0.3) is 0 Å². The number of nitrogens with zero attached hydrogens (tertiary/aromatic N) is 2. The van der Waals surface area contributed by atoms with E-state index in [0.29, 0.717) is 23.6 Å². The first-order valence-corrected chi connectivity index (χ1v) is 11.6. The van der Waals surface area contributed by atoms with E-state index in [1.54, 1.807) is 35.2 Å². The third kappa shape index (κ3) is 5.89. The molecule has 0 spiro atoms. The zero-order valence-electron chi connectivity index (χ0n) is 20.5. The summed E-state index contributed by atoms with van der Waals surface area (Å²) in [5, 5.41) is 4.06. The Labute approximate surface area is 209 Å². The minimum Gasteiger partial charge on any atom is -0.493 e. The number of carbonyl (C=O) groups is 2. The van der Waals surface area contributed by atoms with Crippen LogP contribution in [0.15, 0.2) is 65.8 Å². The summed E-state index contributed by atoms with van der Waals surface area (Å²) < 4.78 is 24.3. The van der Waals surface area contributed by atoms with Gasteiger partial charge in [0.05, 0.1) is 19.2 Å². The highest BCUT2D eigenvalue weighted by molar-refractivity contribution is 6.00. The van der Waals surface area contributed by atoms with Gasteiger partial charge in [-0.05, 0) is 78.6 Å². The van der Waals surface area contributed by atoms with Crippen LogP contribution >= 0.6 is 0 Å². The summed E-state index contributed by atoms with van der Waals surface area (Å²) in [4.78, 5) is 26.8. The highest BCUT2D eigenvalue weighted by atomic mass is 19.1. The molecule has 8 heteroatoms. The lowest BCUT2D eigenvalue weighted by Crippen LogP contribution is -2.30. The fourth-order valence-electron chi connectivity index (χ4n) is 3.91. The summed E-state index contributed by atoms with van der Waals surface area (Å²) in [5.74, 6) is -0.143. The second-order valence-electron chi connectivity index (χ2n) is 8.73. The largest absolute Gasteiger partial charge is 0.493 e. The van der Waals surface area contributed by atoms with Gasteiger partial charge >= 0.3 is 0 Å². The molecule has 4 rings (SSSR count). The number of hydrazone groups is 1. The molecule has 0 radical (unpaired) electrons. The first-order chi connectivity index (χ1) is 17.3. The number of nitrogens with one attached hydrogen (secondary N) is 1. The number of hydrogen-bond donors (Lipinski definition) is 1. The third-order valence-electron chi connectivity index (χ3n) is 6.18. The Hall–Kier alpha value is -4.20. The number of carbonyl (C=O) groups excluding carboxylic acids is 2. The van der Waals surface area contributed by atoms with E-state index in [1.165, 1.54) is 25.5 Å². The van der Waals surface area contributed by atoms with Crippen LogP contribution in [0.5, 0.6) is 11.5 Å². The van der Waals surface area contributed by atoms with Crippen molar-refractivity contribution in [1.82, 2.24) is 5.43 Å². The van der Waals surface area contributed by atoms with Crippen molar-refractivity contribution in [1.29, 1.82) is 0 Å². The average Bonchev–Trinajstić information content (AvgIpc) is 3.27. The number of halogens is 1. The molecule has 3 aromatic carbocycles. The monoisotopic (exact) mass is 489 g/mol. The first-order valence-electron chi connectivity index (χ1n) is 11.6. The van der Waals surface area contributed by atoms with Crippen molar-refractivity contribution in [3.8, 4) is 11.5 Å². The number of amides is 2. The van der Waals surface area contributed by atoms with E-state index in [4.69, 9.17) is 9.47 Å². The van der Waals surface area contributed by atoms with Gasteiger partial charge in [0.15, 0.2) is 11.5 Å². The van der Waals surface area contributed by atoms with Gasteiger partial charge in [-0.1, -0.05) is 18.2 Å². The molecular formula is C28H28FN3O4. The predicted molar refractivity (Wildman–Crippen MR) is 136 cm³/mol. The molecule has 1 atom stereocenters. The number of rotatable bonds is 8. The summed E-state index contributed by atoms with van der Waals surface area (Å²) >= 11 is 0. The van der Waals surface area contributed by atoms with Gasteiger partial charge in [-0.2, -0.15) is 5.10 Å². The number of ether oxygens (including phenoxy) is 2. The van der Waals surface area contributed by atoms with Crippen LogP contribution in [-0.2, 0) is 16.2 Å². The van der Waals surface area contributed by atoms with Gasteiger partial charge in [-0.25, -0.2) is 9.82 Å². The lowest BCUT2D eigenvalue weighted by Gasteiger charge is -2.17. The Morgan fingerprint density at radius 2 is 1.86 bits per heavy atom. The second-order valence-corrected chi connectivity index (χ2v) is 8.73. The third-order valence-corrected chi connectivity index (χ3v) is 6.18. The Bertz CT molecular complexity index is 1290. The van der Waals surface area contributed by atoms with Crippen LogP contribution < -0.4 is 19.8 Å². The summed E-state index contributed by atoms with van der Waals surface area (Å²) in [6.45, 7) is 4.59. The zero-order chi connectivity index (χ0) is 25.7. The Morgan fingerprint density at radius 3 is 2.58 bits per heavy atom. The number of aryl methyl sites for hydroxylation is 2. The maximum atomic E-state index is 13.1. The lowest BCUT2D eigenvalue weighted by atomic mass is 10.1. The lowest BCUT2D eigenvalue weighted by molar-refractivity contribution is -0.126. The van der Waals surface area contributed by atoms with Crippen LogP contribution in [0.25, 0.3) is 0 Å². The Balaban J connectivity index is 1.33. The van der Waals surface area contributed by atoms with E-state index >= 15 is 0 Å². The molecule has 1 saturated heterocycles. The van der Waals surface area contributed by atoms with Crippen molar-refractivity contribution in [2.75, 3.05) is 18.6 Å². The van der Waals surface area contributed by atoms with Crippen LogP contribution in [0, 0.1) is 25.6 Å². The summed E-state index contributed by atoms with van der Waals surface area (Å²) in [6, 6.07) is 17.2. The molecule has 186 valence electrons. The highest BCUT2D eigenvalue weighted by Crippen LogP contribution is 2.29. The number of benzene rings is 3. The van der Waals surface area contributed by atoms with E-state index < -0.39 is 5.92 Å². The van der Waals surface area contributed by atoms with E-state index in [9.17, 15) is 14.0 Å². The van der Waals surface area contributed by atoms with Gasteiger partial charge in [-0.15, -0.1) is 0 Å². The number of methoxy groups -OCH3 is 1. The van der Waals surface area contributed by atoms with Gasteiger partial charge in [0, 0.05) is 18.7 Å². The van der Waals surface area contributed by atoms with Crippen LogP contribution in [0.3, 0.4) is 0 Å². The van der Waals surface area contributed by atoms with E-state index in [1.807, 2.05) is 32.0 Å². The Kier molecular flexibility index (Phi) is 7.63. The van der Waals surface area contributed by atoms with Crippen molar-refractivity contribution >= 4 is 23.7 Å². The van der Waals surface area contributed by atoms with Crippen LogP contribution in [0.2, 0.25) is 0 Å². The smallest absolute Gasteiger partial charge is 0.245 e. The van der Waals surface area contributed by atoms with Gasteiger partial charge < -0.3 is 14.4 Å². The molecule has 0 unspecified atom stereocenters. The molecular weight excluding hydrogens is 461 g/mol. The predicted octanol–water partition coefficient (Wildman–Crippen LogP) is 4.53. The van der Waals surface area contributed by atoms with Gasteiger partial charge in [0.2, 0.25) is 11.8 Å². The average molecular weight is 490 g/mol.